The van der Waals surface area contributed by atoms with Crippen LogP contribution in [0.3, 0.4) is 0 Å². The molecule has 1 N–H and O–H groups in total. The van der Waals surface area contributed by atoms with Gasteiger partial charge >= 0.3 is 5.97 Å². The highest BCUT2D eigenvalue weighted by atomic mass is 32.2. The second-order valence-electron chi connectivity index (χ2n) is 8.80. The molecule has 1 aromatic carbocycles. The van der Waals surface area contributed by atoms with E-state index in [1.807, 2.05) is 6.07 Å². The van der Waals surface area contributed by atoms with Crippen LogP contribution >= 0.6 is 0 Å². The molecular weight excluding hydrogens is 484 g/mol. The van der Waals surface area contributed by atoms with Crippen LogP contribution in [0.25, 0.3) is 11.3 Å². The Morgan fingerprint density at radius 3 is 2.69 bits per heavy atom. The number of carbonyl (C=O) groups excluding carboxylic acids is 2. The number of amides is 1. The number of benzene rings is 1. The number of esters is 1. The van der Waals surface area contributed by atoms with Crippen molar-refractivity contribution in [2.24, 2.45) is 13.0 Å². The van der Waals surface area contributed by atoms with E-state index < -0.39 is 21.9 Å². The Morgan fingerprint density at radius 1 is 1.22 bits per heavy atom. The number of rotatable bonds is 7. The van der Waals surface area contributed by atoms with Gasteiger partial charge in [-0.2, -0.15) is 4.31 Å². The number of hydrogen-bond acceptors (Lipinski definition) is 7. The quantitative estimate of drug-likeness (QED) is 0.479. The van der Waals surface area contributed by atoms with Crippen molar-refractivity contribution in [2.75, 3.05) is 25.0 Å². The number of ether oxygens (including phenoxy) is 1. The second kappa shape index (κ2) is 10.3. The number of aromatic nitrogens is 2. The van der Waals surface area contributed by atoms with Crippen LogP contribution in [0.5, 0.6) is 0 Å². The summed E-state index contributed by atoms with van der Waals surface area (Å²) in [5.74, 6) is -0.906. The van der Waals surface area contributed by atoms with Gasteiger partial charge in [0.1, 0.15) is 10.5 Å². The molecule has 2 aromatic heterocycles. The SMILES string of the molecule is CCOC(=O)c1c(S(=O)(=O)N2CCC[C@@H](C(=O)Nc3cccc(-c4ccno4)c3)C2)c(C)n(C)c1C. The zero-order valence-electron chi connectivity index (χ0n) is 20.8. The van der Waals surface area contributed by atoms with Crippen molar-refractivity contribution in [3.8, 4) is 11.3 Å². The number of nitrogens with zero attached hydrogens (tertiary/aromatic N) is 3. The first kappa shape index (κ1) is 25.6. The number of hydrogen-bond donors (Lipinski definition) is 1. The maximum Gasteiger partial charge on any atom is 0.341 e. The normalized spacial score (nSPS) is 16.6. The first-order valence-electron chi connectivity index (χ1n) is 11.8. The van der Waals surface area contributed by atoms with Gasteiger partial charge in [-0.1, -0.05) is 17.3 Å². The molecule has 1 atom stereocenters. The van der Waals surface area contributed by atoms with Crippen LogP contribution in [0.1, 0.15) is 41.5 Å². The minimum atomic E-state index is -4.05. The van der Waals surface area contributed by atoms with E-state index in [-0.39, 0.29) is 36.1 Å². The fraction of sp³-hybridized carbons (Fsp3) is 0.400. The molecule has 11 heteroatoms. The average Bonchev–Trinajstić information content (AvgIpc) is 3.48. The molecule has 0 unspecified atom stereocenters. The lowest BCUT2D eigenvalue weighted by molar-refractivity contribution is -0.120. The van der Waals surface area contributed by atoms with Crippen molar-refractivity contribution < 1.29 is 27.3 Å². The lowest BCUT2D eigenvalue weighted by Gasteiger charge is -2.31. The van der Waals surface area contributed by atoms with Gasteiger partial charge in [0, 0.05) is 48.8 Å². The molecular formula is C25H30N4O6S. The molecule has 3 aromatic rings. The molecule has 3 heterocycles. The number of carbonyl (C=O) groups is 2. The van der Waals surface area contributed by atoms with E-state index in [0.29, 0.717) is 35.7 Å². The highest BCUT2D eigenvalue weighted by molar-refractivity contribution is 7.89. The fourth-order valence-corrected chi connectivity index (χ4v) is 6.54. The molecule has 1 aliphatic heterocycles. The van der Waals surface area contributed by atoms with Crippen LogP contribution in [0.4, 0.5) is 5.69 Å². The topological polar surface area (TPSA) is 124 Å². The minimum Gasteiger partial charge on any atom is -0.462 e. The molecule has 0 spiro atoms. The molecule has 1 aliphatic rings. The van der Waals surface area contributed by atoms with Crippen molar-refractivity contribution >= 4 is 27.6 Å². The van der Waals surface area contributed by atoms with E-state index in [2.05, 4.69) is 10.5 Å². The van der Waals surface area contributed by atoms with E-state index in [9.17, 15) is 18.0 Å². The third-order valence-corrected chi connectivity index (χ3v) is 8.64. The van der Waals surface area contributed by atoms with E-state index in [4.69, 9.17) is 9.26 Å². The van der Waals surface area contributed by atoms with E-state index in [0.717, 1.165) is 5.56 Å². The smallest absolute Gasteiger partial charge is 0.341 e. The van der Waals surface area contributed by atoms with Crippen LogP contribution in [0.15, 0.2) is 45.9 Å². The molecule has 1 fully saturated rings. The maximum absolute atomic E-state index is 13.8. The molecule has 1 saturated heterocycles. The zero-order chi connectivity index (χ0) is 26.0. The molecule has 36 heavy (non-hydrogen) atoms. The van der Waals surface area contributed by atoms with Crippen LogP contribution in [-0.4, -0.2) is 54.0 Å². The van der Waals surface area contributed by atoms with Gasteiger partial charge in [0.25, 0.3) is 0 Å². The molecule has 1 amide bonds. The number of sulfonamides is 1. The van der Waals surface area contributed by atoms with Crippen molar-refractivity contribution in [1.82, 2.24) is 14.0 Å². The van der Waals surface area contributed by atoms with Gasteiger partial charge in [-0.3, -0.25) is 4.79 Å². The summed E-state index contributed by atoms with van der Waals surface area (Å²) in [6.07, 6.45) is 2.62. The fourth-order valence-electron chi connectivity index (χ4n) is 4.54. The lowest BCUT2D eigenvalue weighted by Crippen LogP contribution is -2.44. The van der Waals surface area contributed by atoms with E-state index in [1.54, 1.807) is 62.8 Å². The summed E-state index contributed by atoms with van der Waals surface area (Å²) >= 11 is 0. The van der Waals surface area contributed by atoms with E-state index in [1.165, 1.54) is 4.31 Å². The summed E-state index contributed by atoms with van der Waals surface area (Å²) in [5, 5.41) is 6.60. The van der Waals surface area contributed by atoms with Crippen LogP contribution in [0.2, 0.25) is 0 Å². The highest BCUT2D eigenvalue weighted by Gasteiger charge is 2.39. The highest BCUT2D eigenvalue weighted by Crippen LogP contribution is 2.32. The molecule has 0 radical (unpaired) electrons. The monoisotopic (exact) mass is 514 g/mol. The molecule has 10 nitrogen and oxygen atoms in total. The third kappa shape index (κ3) is 4.80. The van der Waals surface area contributed by atoms with Gasteiger partial charge in [0.15, 0.2) is 5.76 Å². The Morgan fingerprint density at radius 2 is 2.00 bits per heavy atom. The van der Waals surface area contributed by atoms with Gasteiger partial charge in [-0.05, 0) is 45.7 Å². The Labute approximate surface area is 210 Å². The summed E-state index contributed by atoms with van der Waals surface area (Å²) in [7, 11) is -2.34. The van der Waals surface area contributed by atoms with Crippen molar-refractivity contribution in [3.63, 3.8) is 0 Å². The van der Waals surface area contributed by atoms with Gasteiger partial charge in [-0.15, -0.1) is 0 Å². The number of nitrogens with one attached hydrogen (secondary N) is 1. The molecule has 0 aliphatic carbocycles. The summed E-state index contributed by atoms with van der Waals surface area (Å²) in [6, 6.07) is 8.90. The average molecular weight is 515 g/mol. The number of piperidine rings is 1. The van der Waals surface area contributed by atoms with Crippen LogP contribution in [0, 0.1) is 19.8 Å². The minimum absolute atomic E-state index is 0.0195. The Hall–Kier alpha value is -3.44. The maximum atomic E-state index is 13.8. The second-order valence-corrected chi connectivity index (χ2v) is 10.7. The van der Waals surface area contributed by atoms with Crippen LogP contribution < -0.4 is 5.32 Å². The molecule has 192 valence electrons. The van der Waals surface area contributed by atoms with E-state index >= 15 is 0 Å². The Balaban J connectivity index is 1.56. The Kier molecular flexibility index (Phi) is 7.32. The summed E-state index contributed by atoms with van der Waals surface area (Å²) in [4.78, 5) is 25.7. The predicted octanol–water partition coefficient (Wildman–Crippen LogP) is 3.51. The van der Waals surface area contributed by atoms with Crippen molar-refractivity contribution in [1.29, 1.82) is 0 Å². The molecule has 4 rings (SSSR count). The van der Waals surface area contributed by atoms with Crippen molar-refractivity contribution in [3.05, 3.63) is 53.5 Å². The zero-order valence-corrected chi connectivity index (χ0v) is 21.6. The summed E-state index contributed by atoms with van der Waals surface area (Å²) in [6.45, 7) is 5.45. The molecule has 0 saturated carbocycles. The molecule has 0 bridgehead atoms. The third-order valence-electron chi connectivity index (χ3n) is 6.61. The van der Waals surface area contributed by atoms with Crippen LogP contribution in [-0.2, 0) is 26.6 Å². The van der Waals surface area contributed by atoms with Gasteiger partial charge in [0.2, 0.25) is 15.9 Å². The first-order valence-corrected chi connectivity index (χ1v) is 13.2. The van der Waals surface area contributed by atoms with Gasteiger partial charge in [0.05, 0.1) is 18.7 Å². The van der Waals surface area contributed by atoms with Gasteiger partial charge < -0.3 is 19.1 Å². The predicted molar refractivity (Wildman–Crippen MR) is 133 cm³/mol. The van der Waals surface area contributed by atoms with Crippen molar-refractivity contribution in [2.45, 2.75) is 38.5 Å². The summed E-state index contributed by atoms with van der Waals surface area (Å²) < 4.78 is 40.8. The summed E-state index contributed by atoms with van der Waals surface area (Å²) in [5.41, 5.74) is 2.36. The Bertz CT molecular complexity index is 1380. The lowest BCUT2D eigenvalue weighted by atomic mass is 9.98. The number of anilines is 1. The largest absolute Gasteiger partial charge is 0.462 e. The van der Waals surface area contributed by atoms with Gasteiger partial charge in [-0.25, -0.2) is 13.2 Å². The first-order chi connectivity index (χ1) is 17.1. The standard InChI is InChI=1S/C25H30N4O6S/c1-5-34-25(31)22-16(2)28(4)17(3)23(22)36(32,33)29-13-7-9-19(15-29)24(30)27-20-10-6-8-18(14-20)21-11-12-26-35-21/h6,8,10-12,14,19H,5,7,9,13,15H2,1-4H3,(H,27,30)/t19-/m1/s1.